The second-order valence-corrected chi connectivity index (χ2v) is 4.11. The van der Waals surface area contributed by atoms with Crippen molar-refractivity contribution in [2.24, 2.45) is 0 Å². The van der Waals surface area contributed by atoms with Crippen LogP contribution in [0.15, 0.2) is 30.4 Å². The molecule has 2 heteroatoms. The number of carbonyl (C=O) groups is 2. The molecule has 1 aromatic rings. The summed E-state index contributed by atoms with van der Waals surface area (Å²) < 4.78 is 0. The predicted octanol–water partition coefficient (Wildman–Crippen LogP) is 2.35. The van der Waals surface area contributed by atoms with Gasteiger partial charge in [-0.15, -0.1) is 0 Å². The number of allylic oxidation sites excluding steroid dienone is 3. The fourth-order valence-electron chi connectivity index (χ4n) is 2.51. The molecule has 1 unspecified atom stereocenters. The van der Waals surface area contributed by atoms with Crippen molar-refractivity contribution in [1.82, 2.24) is 0 Å². The van der Waals surface area contributed by atoms with Crippen LogP contribution in [0, 0.1) is 0 Å². The molecule has 3 rings (SSSR count). The molecule has 1 atom stereocenters. The molecule has 0 bridgehead atoms. The van der Waals surface area contributed by atoms with Crippen molar-refractivity contribution in [3.63, 3.8) is 0 Å². The van der Waals surface area contributed by atoms with Gasteiger partial charge in [-0.25, -0.2) is 0 Å². The van der Waals surface area contributed by atoms with Gasteiger partial charge in [-0.1, -0.05) is 36.4 Å². The van der Waals surface area contributed by atoms with Crippen LogP contribution in [0.1, 0.15) is 29.0 Å². The molecule has 0 heterocycles. The number of hydrogen-bond donors (Lipinski definition) is 0. The fraction of sp³-hybridized carbons (Fsp3) is 0.143. The third-order valence-corrected chi connectivity index (χ3v) is 3.27. The Kier molecular flexibility index (Phi) is 1.90. The first-order valence-electron chi connectivity index (χ1n) is 5.32. The van der Waals surface area contributed by atoms with Crippen LogP contribution < -0.4 is 0 Å². The maximum atomic E-state index is 11.6. The second kappa shape index (κ2) is 3.27. The summed E-state index contributed by atoms with van der Waals surface area (Å²) in [4.78, 5) is 22.2. The van der Waals surface area contributed by atoms with E-state index < -0.39 is 0 Å². The molecule has 0 amide bonds. The molecule has 1 aromatic carbocycles. The number of Topliss-reactive ketones (excluding diaryl/α,β-unsaturated/α-hetero) is 1. The van der Waals surface area contributed by atoms with E-state index in [-0.39, 0.29) is 11.7 Å². The zero-order valence-electron chi connectivity index (χ0n) is 8.64. The molecular formula is C14H10O2. The highest BCUT2D eigenvalue weighted by Crippen LogP contribution is 2.41. The minimum Gasteiger partial charge on any atom is -0.295 e. The summed E-state index contributed by atoms with van der Waals surface area (Å²) in [5, 5.41) is 0. The number of benzene rings is 1. The van der Waals surface area contributed by atoms with E-state index in [2.05, 4.69) is 12.2 Å². The smallest absolute Gasteiger partial charge is 0.202 e. The molecule has 2 aliphatic rings. The van der Waals surface area contributed by atoms with Crippen molar-refractivity contribution < 1.29 is 9.59 Å². The molecule has 0 radical (unpaired) electrons. The van der Waals surface area contributed by atoms with Crippen LogP contribution >= 0.6 is 0 Å². The largest absolute Gasteiger partial charge is 0.295 e. The highest BCUT2D eigenvalue weighted by atomic mass is 16.2. The molecule has 0 saturated carbocycles. The molecule has 0 aliphatic heterocycles. The maximum absolute atomic E-state index is 11.6. The van der Waals surface area contributed by atoms with Crippen LogP contribution in [-0.4, -0.2) is 12.1 Å². The summed E-state index contributed by atoms with van der Waals surface area (Å²) in [6, 6.07) is 5.92. The first-order valence-corrected chi connectivity index (χ1v) is 5.32. The molecule has 0 N–H and O–H groups in total. The van der Waals surface area contributed by atoms with Crippen molar-refractivity contribution in [1.29, 1.82) is 0 Å². The third-order valence-electron chi connectivity index (χ3n) is 3.27. The Morgan fingerprint density at radius 3 is 3.00 bits per heavy atom. The molecule has 78 valence electrons. The Morgan fingerprint density at radius 1 is 1.31 bits per heavy atom. The summed E-state index contributed by atoms with van der Waals surface area (Å²) in [7, 11) is 0. The van der Waals surface area contributed by atoms with Gasteiger partial charge in [0.2, 0.25) is 5.78 Å². The lowest BCUT2D eigenvalue weighted by atomic mass is 9.81. The van der Waals surface area contributed by atoms with E-state index in [0.29, 0.717) is 12.7 Å². The van der Waals surface area contributed by atoms with Gasteiger partial charge in [0.15, 0.2) is 6.29 Å². The van der Waals surface area contributed by atoms with Gasteiger partial charge in [0, 0.05) is 0 Å². The van der Waals surface area contributed by atoms with E-state index in [4.69, 9.17) is 0 Å². The maximum Gasteiger partial charge on any atom is 0.202 e. The lowest BCUT2D eigenvalue weighted by molar-refractivity contribution is -0.130. The van der Waals surface area contributed by atoms with Gasteiger partial charge in [-0.05, 0) is 28.7 Å². The monoisotopic (exact) mass is 210 g/mol. The Labute approximate surface area is 93.3 Å². The van der Waals surface area contributed by atoms with Gasteiger partial charge in [-0.2, -0.15) is 0 Å². The van der Waals surface area contributed by atoms with Gasteiger partial charge in [-0.3, -0.25) is 9.59 Å². The van der Waals surface area contributed by atoms with E-state index in [9.17, 15) is 9.59 Å². The SMILES string of the molecule is O=CC(=O)C1CC=C2C=Cc3cccc1c32. The van der Waals surface area contributed by atoms with E-state index in [1.165, 1.54) is 5.57 Å². The average Bonchev–Trinajstić information content (AvgIpc) is 2.74. The summed E-state index contributed by atoms with van der Waals surface area (Å²) in [6.07, 6.45) is 7.23. The van der Waals surface area contributed by atoms with Crippen molar-refractivity contribution in [2.75, 3.05) is 0 Å². The van der Waals surface area contributed by atoms with Gasteiger partial charge in [0.1, 0.15) is 0 Å². The second-order valence-electron chi connectivity index (χ2n) is 4.11. The minimum atomic E-state index is -0.324. The van der Waals surface area contributed by atoms with Crippen molar-refractivity contribution in [3.05, 3.63) is 47.0 Å². The highest BCUT2D eigenvalue weighted by Gasteiger charge is 2.28. The van der Waals surface area contributed by atoms with E-state index >= 15 is 0 Å². The van der Waals surface area contributed by atoms with Gasteiger partial charge in [0.05, 0.1) is 5.92 Å². The first-order chi connectivity index (χ1) is 7.81. The number of carbonyl (C=O) groups excluding carboxylic acids is 2. The van der Waals surface area contributed by atoms with Gasteiger partial charge < -0.3 is 0 Å². The van der Waals surface area contributed by atoms with E-state index in [0.717, 1.165) is 16.7 Å². The van der Waals surface area contributed by atoms with E-state index in [1.807, 2.05) is 24.3 Å². The van der Waals surface area contributed by atoms with Crippen LogP contribution in [-0.2, 0) is 9.59 Å². The van der Waals surface area contributed by atoms with Crippen LogP contribution in [0.25, 0.3) is 11.6 Å². The number of hydrogen-bond acceptors (Lipinski definition) is 2. The van der Waals surface area contributed by atoms with Crippen molar-refractivity contribution in [2.45, 2.75) is 12.3 Å². The zero-order valence-corrected chi connectivity index (χ0v) is 8.64. The Hall–Kier alpha value is -1.96. The Balaban J connectivity index is 2.20. The number of ketones is 1. The molecule has 0 fully saturated rings. The van der Waals surface area contributed by atoms with Crippen LogP contribution in [0.3, 0.4) is 0 Å². The summed E-state index contributed by atoms with van der Waals surface area (Å²) in [6.45, 7) is 0. The lowest BCUT2D eigenvalue weighted by Crippen LogP contribution is -2.17. The molecule has 0 saturated heterocycles. The summed E-state index contributed by atoms with van der Waals surface area (Å²) in [5.74, 6) is -0.605. The Bertz CT molecular complexity index is 550. The molecule has 0 spiro atoms. The topological polar surface area (TPSA) is 34.1 Å². The quantitative estimate of drug-likeness (QED) is 0.554. The fourth-order valence-corrected chi connectivity index (χ4v) is 2.51. The first kappa shape index (κ1) is 9.28. The van der Waals surface area contributed by atoms with Gasteiger partial charge in [0.25, 0.3) is 0 Å². The van der Waals surface area contributed by atoms with Crippen LogP contribution in [0.2, 0.25) is 0 Å². The molecule has 0 aromatic heterocycles. The standard InChI is InChI=1S/C14H10O2/c15-8-13(16)11-7-6-10-5-4-9-2-1-3-12(11)14(9)10/h1-6,8,11H,7H2. The molecule has 2 aliphatic carbocycles. The van der Waals surface area contributed by atoms with E-state index in [1.54, 1.807) is 0 Å². The summed E-state index contributed by atoms with van der Waals surface area (Å²) in [5.41, 5.74) is 4.46. The minimum absolute atomic E-state index is 0.281. The predicted molar refractivity (Wildman–Crippen MR) is 61.9 cm³/mol. The normalized spacial score (nSPS) is 20.2. The number of aldehydes is 1. The van der Waals surface area contributed by atoms with Gasteiger partial charge >= 0.3 is 0 Å². The third kappa shape index (κ3) is 1.13. The van der Waals surface area contributed by atoms with Crippen LogP contribution in [0.4, 0.5) is 0 Å². The molecule has 16 heavy (non-hydrogen) atoms. The Morgan fingerprint density at radius 2 is 2.19 bits per heavy atom. The summed E-state index contributed by atoms with van der Waals surface area (Å²) >= 11 is 0. The van der Waals surface area contributed by atoms with Crippen molar-refractivity contribution in [3.8, 4) is 0 Å². The lowest BCUT2D eigenvalue weighted by Gasteiger charge is -2.21. The van der Waals surface area contributed by atoms with Crippen molar-refractivity contribution >= 4 is 23.7 Å². The molecular weight excluding hydrogens is 200 g/mol. The van der Waals surface area contributed by atoms with Crippen LogP contribution in [0.5, 0.6) is 0 Å². The molecule has 2 nitrogen and oxygen atoms in total. The highest BCUT2D eigenvalue weighted by molar-refractivity contribution is 6.28. The number of rotatable bonds is 2. The average molecular weight is 210 g/mol. The zero-order chi connectivity index (χ0) is 11.1.